The molecule has 1 N–H and O–H groups in total. The van der Waals surface area contributed by atoms with Crippen LogP contribution in [0, 0.1) is 24.7 Å². The molecule has 2 bridgehead atoms. The normalized spacial score (nSPS) is 28.4. The molecule has 0 aliphatic heterocycles. The zero-order valence-electron chi connectivity index (χ0n) is 13.4. The standard InChI is InChI=1S/C17H23N3OS/c1-9(13-7-11-4-5-12(13)6-11)18-16(21)15-8-14-10(2)19-20(3)17(14)22-15/h8-9,11-13H,4-7H2,1-3H3,(H,18,21)/t9-,11+,12+,13+/m1/s1. The summed E-state index contributed by atoms with van der Waals surface area (Å²) in [6.45, 7) is 4.18. The molecule has 2 fully saturated rings. The average molecular weight is 317 g/mol. The molecule has 4 rings (SSSR count). The zero-order chi connectivity index (χ0) is 15.4. The molecular weight excluding hydrogens is 294 g/mol. The second-order valence-electron chi connectivity index (χ2n) is 7.14. The lowest BCUT2D eigenvalue weighted by Crippen LogP contribution is -2.39. The van der Waals surface area contributed by atoms with Crippen molar-refractivity contribution in [3.8, 4) is 0 Å². The summed E-state index contributed by atoms with van der Waals surface area (Å²) < 4.78 is 1.87. The average Bonchev–Trinajstić information content (AvgIpc) is 3.23. The number of hydrogen-bond acceptors (Lipinski definition) is 3. The molecule has 1 amide bonds. The molecule has 0 spiro atoms. The van der Waals surface area contributed by atoms with Gasteiger partial charge in [-0.25, -0.2) is 0 Å². The van der Waals surface area contributed by atoms with E-state index in [9.17, 15) is 4.79 Å². The number of nitrogens with one attached hydrogen (secondary N) is 1. The molecule has 2 aliphatic carbocycles. The van der Waals surface area contributed by atoms with Gasteiger partial charge in [0.15, 0.2) is 0 Å². The van der Waals surface area contributed by atoms with Gasteiger partial charge in [-0.05, 0) is 56.9 Å². The fourth-order valence-corrected chi connectivity index (χ4v) is 5.63. The predicted octanol–water partition coefficient (Wildman–Crippen LogP) is 3.50. The Balaban J connectivity index is 1.50. The highest BCUT2D eigenvalue weighted by atomic mass is 32.1. The van der Waals surface area contributed by atoms with Crippen molar-refractivity contribution in [1.82, 2.24) is 15.1 Å². The van der Waals surface area contributed by atoms with Crippen molar-refractivity contribution in [3.63, 3.8) is 0 Å². The van der Waals surface area contributed by atoms with Crippen LogP contribution in [0.4, 0.5) is 0 Å². The molecule has 0 aromatic carbocycles. The predicted molar refractivity (Wildman–Crippen MR) is 89.2 cm³/mol. The maximum absolute atomic E-state index is 12.6. The van der Waals surface area contributed by atoms with E-state index in [1.165, 1.54) is 25.7 Å². The molecule has 2 aromatic heterocycles. The highest BCUT2D eigenvalue weighted by Crippen LogP contribution is 2.49. The SMILES string of the molecule is Cc1nn(C)c2sc(C(=O)N[C@H](C)[C@@H]3C[C@H]4CC[C@H]3C4)cc12. The summed E-state index contributed by atoms with van der Waals surface area (Å²) in [5.74, 6) is 2.53. The topological polar surface area (TPSA) is 46.9 Å². The maximum atomic E-state index is 12.6. The quantitative estimate of drug-likeness (QED) is 0.942. The molecule has 4 nitrogen and oxygen atoms in total. The molecule has 118 valence electrons. The second kappa shape index (κ2) is 5.08. The van der Waals surface area contributed by atoms with Gasteiger partial charge in [-0.15, -0.1) is 11.3 Å². The Bertz CT molecular complexity index is 697. The fourth-order valence-electron chi connectivity index (χ4n) is 4.61. The van der Waals surface area contributed by atoms with E-state index in [0.29, 0.717) is 5.92 Å². The Hall–Kier alpha value is -1.36. The van der Waals surface area contributed by atoms with Gasteiger partial charge >= 0.3 is 0 Å². The van der Waals surface area contributed by atoms with E-state index in [-0.39, 0.29) is 11.9 Å². The highest BCUT2D eigenvalue weighted by molar-refractivity contribution is 7.20. The van der Waals surface area contributed by atoms with Crippen molar-refractivity contribution in [1.29, 1.82) is 0 Å². The molecule has 22 heavy (non-hydrogen) atoms. The molecule has 0 radical (unpaired) electrons. The number of carbonyl (C=O) groups excluding carboxylic acids is 1. The number of fused-ring (bicyclic) bond motifs is 3. The third-order valence-electron chi connectivity index (χ3n) is 5.71. The molecule has 5 heteroatoms. The number of nitrogens with zero attached hydrogens (tertiary/aromatic N) is 2. The first kappa shape index (κ1) is 14.2. The molecule has 2 heterocycles. The first-order valence-electron chi connectivity index (χ1n) is 8.27. The minimum absolute atomic E-state index is 0.0795. The van der Waals surface area contributed by atoms with Gasteiger partial charge in [-0.2, -0.15) is 5.10 Å². The zero-order valence-corrected chi connectivity index (χ0v) is 14.2. The van der Waals surface area contributed by atoms with E-state index in [0.717, 1.165) is 32.6 Å². The summed E-state index contributed by atoms with van der Waals surface area (Å²) >= 11 is 1.54. The van der Waals surface area contributed by atoms with Gasteiger partial charge in [-0.1, -0.05) is 6.42 Å². The Labute approximate surface area is 134 Å². The largest absolute Gasteiger partial charge is 0.349 e. The summed E-state index contributed by atoms with van der Waals surface area (Å²) in [6.07, 6.45) is 5.47. The molecule has 2 saturated carbocycles. The molecule has 2 aliphatic rings. The summed E-state index contributed by atoms with van der Waals surface area (Å²) in [5.41, 5.74) is 0.994. The third-order valence-corrected chi connectivity index (χ3v) is 6.91. The smallest absolute Gasteiger partial charge is 0.261 e. The van der Waals surface area contributed by atoms with Crippen molar-refractivity contribution < 1.29 is 4.79 Å². The van der Waals surface area contributed by atoms with Gasteiger partial charge in [0, 0.05) is 18.5 Å². The second-order valence-corrected chi connectivity index (χ2v) is 8.17. The summed E-state index contributed by atoms with van der Waals surface area (Å²) in [7, 11) is 1.94. The number of rotatable bonds is 3. The summed E-state index contributed by atoms with van der Waals surface area (Å²) in [4.78, 5) is 14.5. The van der Waals surface area contributed by atoms with Gasteiger partial charge < -0.3 is 5.32 Å². The van der Waals surface area contributed by atoms with Gasteiger partial charge in [0.2, 0.25) is 0 Å². The number of aryl methyl sites for hydroxylation is 2. The van der Waals surface area contributed by atoms with E-state index >= 15 is 0 Å². The van der Waals surface area contributed by atoms with Crippen molar-refractivity contribution in [2.24, 2.45) is 24.8 Å². The van der Waals surface area contributed by atoms with Crippen LogP contribution in [0.1, 0.15) is 48.0 Å². The van der Waals surface area contributed by atoms with Crippen LogP contribution in [-0.2, 0) is 7.05 Å². The van der Waals surface area contributed by atoms with E-state index in [1.807, 2.05) is 24.7 Å². The number of hydrogen-bond donors (Lipinski definition) is 1. The van der Waals surface area contributed by atoms with Crippen molar-refractivity contribution >= 4 is 27.5 Å². The number of carbonyl (C=O) groups is 1. The van der Waals surface area contributed by atoms with Crippen molar-refractivity contribution in [2.75, 3.05) is 0 Å². The van der Waals surface area contributed by atoms with Gasteiger partial charge in [-0.3, -0.25) is 9.48 Å². The lowest BCUT2D eigenvalue weighted by Gasteiger charge is -2.28. The molecule has 0 saturated heterocycles. The number of thiophene rings is 1. The van der Waals surface area contributed by atoms with Crippen LogP contribution >= 0.6 is 11.3 Å². The Morgan fingerprint density at radius 3 is 2.91 bits per heavy atom. The van der Waals surface area contributed by atoms with Gasteiger partial charge in [0.05, 0.1) is 10.6 Å². The summed E-state index contributed by atoms with van der Waals surface area (Å²) in [6, 6.07) is 2.28. The minimum Gasteiger partial charge on any atom is -0.349 e. The fraction of sp³-hybridized carbons (Fsp3) is 0.647. The minimum atomic E-state index is 0.0795. The first-order valence-corrected chi connectivity index (χ1v) is 9.08. The monoisotopic (exact) mass is 317 g/mol. The highest BCUT2D eigenvalue weighted by Gasteiger charge is 2.42. The van der Waals surface area contributed by atoms with Gasteiger partial charge in [0.1, 0.15) is 4.83 Å². The van der Waals surface area contributed by atoms with Crippen LogP contribution in [0.2, 0.25) is 0 Å². The van der Waals surface area contributed by atoms with E-state index in [1.54, 1.807) is 11.3 Å². The van der Waals surface area contributed by atoms with Crippen LogP contribution in [-0.4, -0.2) is 21.7 Å². The third kappa shape index (κ3) is 2.18. The molecule has 2 aromatic rings. The van der Waals surface area contributed by atoms with Crippen LogP contribution in [0.5, 0.6) is 0 Å². The Kier molecular flexibility index (Phi) is 3.29. The summed E-state index contributed by atoms with van der Waals surface area (Å²) in [5, 5.41) is 8.75. The Morgan fingerprint density at radius 1 is 1.45 bits per heavy atom. The van der Waals surface area contributed by atoms with Gasteiger partial charge in [0.25, 0.3) is 5.91 Å². The van der Waals surface area contributed by atoms with E-state index < -0.39 is 0 Å². The Morgan fingerprint density at radius 2 is 2.27 bits per heavy atom. The van der Waals surface area contributed by atoms with Crippen LogP contribution in [0.25, 0.3) is 10.2 Å². The molecule has 0 unspecified atom stereocenters. The van der Waals surface area contributed by atoms with E-state index in [2.05, 4.69) is 17.3 Å². The van der Waals surface area contributed by atoms with Crippen molar-refractivity contribution in [3.05, 3.63) is 16.6 Å². The lowest BCUT2D eigenvalue weighted by molar-refractivity contribution is 0.0919. The van der Waals surface area contributed by atoms with Crippen LogP contribution in [0.15, 0.2) is 6.07 Å². The van der Waals surface area contributed by atoms with Crippen LogP contribution < -0.4 is 5.32 Å². The molecule has 4 atom stereocenters. The van der Waals surface area contributed by atoms with Crippen molar-refractivity contribution in [2.45, 2.75) is 45.6 Å². The van der Waals surface area contributed by atoms with E-state index in [4.69, 9.17) is 0 Å². The maximum Gasteiger partial charge on any atom is 0.261 e. The molecular formula is C17H23N3OS. The van der Waals surface area contributed by atoms with Crippen LogP contribution in [0.3, 0.4) is 0 Å². The first-order chi connectivity index (χ1) is 10.5. The number of aromatic nitrogens is 2. The number of amides is 1. The lowest BCUT2D eigenvalue weighted by atomic mass is 9.84.